The second kappa shape index (κ2) is 8.86. The summed E-state index contributed by atoms with van der Waals surface area (Å²) in [6, 6.07) is 0.388. The Bertz CT molecular complexity index is 207. The lowest BCUT2D eigenvalue weighted by Crippen LogP contribution is -2.48. The van der Waals surface area contributed by atoms with Gasteiger partial charge >= 0.3 is 0 Å². The molecule has 0 aromatic carbocycles. The second-order valence-corrected chi connectivity index (χ2v) is 5.90. The summed E-state index contributed by atoms with van der Waals surface area (Å²) in [4.78, 5) is 4.64. The van der Waals surface area contributed by atoms with Gasteiger partial charge in [-0.3, -0.25) is 0 Å². The molecule has 0 fully saturated rings. The van der Waals surface area contributed by atoms with Crippen molar-refractivity contribution in [1.82, 2.24) is 15.1 Å². The minimum atomic E-state index is -0.112. The van der Waals surface area contributed by atoms with Gasteiger partial charge in [-0.2, -0.15) is 0 Å². The van der Waals surface area contributed by atoms with Crippen LogP contribution in [0, 0.1) is 0 Å². The van der Waals surface area contributed by atoms with Crippen LogP contribution in [0.15, 0.2) is 0 Å². The Kier molecular flexibility index (Phi) is 8.78. The lowest BCUT2D eigenvalue weighted by molar-refractivity contribution is -0.0123. The fourth-order valence-corrected chi connectivity index (χ4v) is 2.10. The van der Waals surface area contributed by atoms with E-state index in [9.17, 15) is 0 Å². The van der Waals surface area contributed by atoms with Crippen LogP contribution in [-0.2, 0) is 4.74 Å². The molecule has 18 heavy (non-hydrogen) atoms. The van der Waals surface area contributed by atoms with Gasteiger partial charge in [-0.05, 0) is 74.5 Å². The summed E-state index contributed by atoms with van der Waals surface area (Å²) in [5.74, 6) is 0. The van der Waals surface area contributed by atoms with Gasteiger partial charge in [-0.15, -0.1) is 0 Å². The number of ether oxygens (including phenoxy) is 1. The molecule has 1 atom stereocenters. The first-order chi connectivity index (χ1) is 8.33. The molecule has 4 nitrogen and oxygen atoms in total. The zero-order chi connectivity index (χ0) is 14.2. The van der Waals surface area contributed by atoms with E-state index in [1.54, 1.807) is 7.11 Å². The molecule has 0 spiro atoms. The Morgan fingerprint density at radius 3 is 2.17 bits per heavy atom. The number of nitrogens with one attached hydrogen (secondary N) is 1. The van der Waals surface area contributed by atoms with Gasteiger partial charge in [-0.25, -0.2) is 0 Å². The average molecular weight is 259 g/mol. The summed E-state index contributed by atoms with van der Waals surface area (Å²) in [6.45, 7) is 7.69. The lowest BCUT2D eigenvalue weighted by Gasteiger charge is -2.34. The molecule has 0 aliphatic rings. The van der Waals surface area contributed by atoms with Crippen molar-refractivity contribution in [2.45, 2.75) is 38.3 Å². The number of rotatable bonds is 10. The van der Waals surface area contributed by atoms with E-state index in [0.29, 0.717) is 6.04 Å². The van der Waals surface area contributed by atoms with Gasteiger partial charge in [-0.1, -0.05) is 0 Å². The number of hydrogen-bond acceptors (Lipinski definition) is 4. The van der Waals surface area contributed by atoms with Crippen molar-refractivity contribution in [1.29, 1.82) is 0 Å². The van der Waals surface area contributed by atoms with E-state index in [4.69, 9.17) is 4.74 Å². The first-order valence-electron chi connectivity index (χ1n) is 6.89. The third-order valence-electron chi connectivity index (χ3n) is 3.66. The largest absolute Gasteiger partial charge is 0.377 e. The fourth-order valence-electron chi connectivity index (χ4n) is 2.10. The zero-order valence-corrected chi connectivity index (χ0v) is 13.4. The van der Waals surface area contributed by atoms with Gasteiger partial charge in [0.15, 0.2) is 0 Å². The van der Waals surface area contributed by atoms with Crippen molar-refractivity contribution in [3.05, 3.63) is 0 Å². The second-order valence-electron chi connectivity index (χ2n) is 5.90. The monoisotopic (exact) mass is 259 g/mol. The normalized spacial score (nSPS) is 14.5. The summed E-state index contributed by atoms with van der Waals surface area (Å²) in [7, 11) is 10.2. The predicted molar refractivity (Wildman–Crippen MR) is 79.2 cm³/mol. The van der Waals surface area contributed by atoms with Gasteiger partial charge in [0.25, 0.3) is 0 Å². The van der Waals surface area contributed by atoms with Crippen LogP contribution in [0.5, 0.6) is 0 Å². The zero-order valence-electron chi connectivity index (χ0n) is 13.4. The lowest BCUT2D eigenvalue weighted by atomic mass is 9.95. The molecule has 0 aliphatic carbocycles. The quantitative estimate of drug-likeness (QED) is 0.639. The molecule has 110 valence electrons. The molecule has 0 aliphatic heterocycles. The van der Waals surface area contributed by atoms with E-state index >= 15 is 0 Å². The maximum absolute atomic E-state index is 5.55. The molecular formula is C14H33N3O. The van der Waals surface area contributed by atoms with Crippen LogP contribution in [0.2, 0.25) is 0 Å². The smallest absolute Gasteiger partial charge is 0.0775 e. The number of hydrogen-bond donors (Lipinski definition) is 1. The van der Waals surface area contributed by atoms with Crippen molar-refractivity contribution in [2.24, 2.45) is 0 Å². The van der Waals surface area contributed by atoms with Crippen LogP contribution < -0.4 is 5.32 Å². The van der Waals surface area contributed by atoms with E-state index in [0.717, 1.165) is 26.1 Å². The first kappa shape index (κ1) is 17.8. The van der Waals surface area contributed by atoms with E-state index in [1.165, 1.54) is 6.42 Å². The summed E-state index contributed by atoms with van der Waals surface area (Å²) in [5.41, 5.74) is -0.112. The van der Waals surface area contributed by atoms with E-state index in [2.05, 4.69) is 50.1 Å². The van der Waals surface area contributed by atoms with Crippen LogP contribution in [0.4, 0.5) is 0 Å². The molecule has 0 saturated carbocycles. The summed E-state index contributed by atoms with van der Waals surface area (Å²) >= 11 is 0. The molecule has 0 bridgehead atoms. The van der Waals surface area contributed by atoms with Crippen LogP contribution in [0.1, 0.15) is 26.7 Å². The summed E-state index contributed by atoms with van der Waals surface area (Å²) in [6.07, 6.45) is 2.33. The van der Waals surface area contributed by atoms with E-state index < -0.39 is 0 Å². The molecule has 1 unspecified atom stereocenters. The molecule has 1 N–H and O–H groups in total. The Morgan fingerprint density at radius 2 is 1.72 bits per heavy atom. The van der Waals surface area contributed by atoms with E-state index in [1.807, 2.05) is 7.05 Å². The summed E-state index contributed by atoms with van der Waals surface area (Å²) in [5, 5.41) is 3.36. The highest BCUT2D eigenvalue weighted by atomic mass is 16.5. The van der Waals surface area contributed by atoms with Crippen molar-refractivity contribution in [3.8, 4) is 0 Å². The fraction of sp³-hybridized carbons (Fsp3) is 1.00. The van der Waals surface area contributed by atoms with Crippen LogP contribution in [0.3, 0.4) is 0 Å². The number of nitrogens with zero attached hydrogens (tertiary/aromatic N) is 2. The highest BCUT2D eigenvalue weighted by Gasteiger charge is 2.27. The minimum absolute atomic E-state index is 0.112. The Balaban J connectivity index is 3.91. The first-order valence-corrected chi connectivity index (χ1v) is 6.89. The van der Waals surface area contributed by atoms with Gasteiger partial charge in [0.2, 0.25) is 0 Å². The summed E-state index contributed by atoms with van der Waals surface area (Å²) < 4.78 is 5.55. The van der Waals surface area contributed by atoms with Crippen molar-refractivity contribution >= 4 is 0 Å². The third kappa shape index (κ3) is 7.31. The molecule has 0 aromatic heterocycles. The molecule has 4 heteroatoms. The van der Waals surface area contributed by atoms with Crippen LogP contribution in [0.25, 0.3) is 0 Å². The Morgan fingerprint density at radius 1 is 1.11 bits per heavy atom. The van der Waals surface area contributed by atoms with Gasteiger partial charge in [0.05, 0.1) is 5.60 Å². The standard InChI is InChI=1S/C14H33N3O/c1-14(2,18-7)13(15-3)9-12-17(6)11-8-10-16(4)5/h13,15H,8-12H2,1-7H3. The number of likely N-dealkylation sites (N-methyl/N-ethyl adjacent to an activating group) is 1. The molecule has 0 aromatic rings. The highest BCUT2D eigenvalue weighted by Crippen LogP contribution is 2.16. The van der Waals surface area contributed by atoms with Gasteiger partial charge in [0, 0.05) is 13.2 Å². The predicted octanol–water partition coefficient (Wildman–Crippen LogP) is 1.27. The third-order valence-corrected chi connectivity index (χ3v) is 3.66. The molecule has 0 rings (SSSR count). The molecule has 0 amide bonds. The number of methoxy groups -OCH3 is 1. The van der Waals surface area contributed by atoms with Crippen molar-refractivity contribution in [2.75, 3.05) is 54.9 Å². The highest BCUT2D eigenvalue weighted by molar-refractivity contribution is 4.84. The van der Waals surface area contributed by atoms with E-state index in [-0.39, 0.29) is 5.60 Å². The van der Waals surface area contributed by atoms with Crippen LogP contribution >= 0.6 is 0 Å². The van der Waals surface area contributed by atoms with Gasteiger partial charge < -0.3 is 19.9 Å². The average Bonchev–Trinajstić information content (AvgIpc) is 2.29. The van der Waals surface area contributed by atoms with Crippen LogP contribution in [-0.4, -0.2) is 76.4 Å². The molecule has 0 saturated heterocycles. The maximum Gasteiger partial charge on any atom is 0.0775 e. The van der Waals surface area contributed by atoms with Crippen molar-refractivity contribution in [3.63, 3.8) is 0 Å². The molecule has 0 radical (unpaired) electrons. The van der Waals surface area contributed by atoms with Gasteiger partial charge in [0.1, 0.15) is 0 Å². The Labute approximate surface area is 114 Å². The Hall–Kier alpha value is -0.160. The molecular weight excluding hydrogens is 226 g/mol. The SMILES string of the molecule is CNC(CCN(C)CCCN(C)C)C(C)(C)OC. The van der Waals surface area contributed by atoms with Crippen molar-refractivity contribution < 1.29 is 4.74 Å². The molecule has 0 heterocycles. The topological polar surface area (TPSA) is 27.7 Å². The maximum atomic E-state index is 5.55. The minimum Gasteiger partial charge on any atom is -0.377 e.